The van der Waals surface area contributed by atoms with Crippen molar-refractivity contribution in [1.29, 1.82) is 0 Å². The summed E-state index contributed by atoms with van der Waals surface area (Å²) in [5.41, 5.74) is 2.57. The summed E-state index contributed by atoms with van der Waals surface area (Å²) in [5.74, 6) is 0.938. The molecule has 1 rings (SSSR count). The van der Waals surface area contributed by atoms with Crippen LogP contribution in [0.5, 0.6) is 5.75 Å². The molecule has 0 saturated carbocycles. The standard InChI is InChI=1S/C15H26N2O/c1-6-18-13-7-8-14(12(2)11-13)16-9-10-17-15(3,4)5/h7-8,11,16-17H,6,9-10H2,1-5H3. The zero-order valence-corrected chi connectivity index (χ0v) is 12.3. The lowest BCUT2D eigenvalue weighted by atomic mass is 10.1. The summed E-state index contributed by atoms with van der Waals surface area (Å²) in [4.78, 5) is 0. The van der Waals surface area contributed by atoms with Crippen molar-refractivity contribution in [2.75, 3.05) is 25.0 Å². The Labute approximate surface area is 111 Å². The first-order chi connectivity index (χ1) is 8.42. The number of ether oxygens (including phenoxy) is 1. The molecule has 0 aromatic heterocycles. The molecule has 0 aliphatic carbocycles. The summed E-state index contributed by atoms with van der Waals surface area (Å²) in [6.07, 6.45) is 0. The second-order valence-electron chi connectivity index (χ2n) is 5.51. The Hall–Kier alpha value is -1.22. The molecule has 3 heteroatoms. The van der Waals surface area contributed by atoms with Crippen molar-refractivity contribution in [1.82, 2.24) is 5.32 Å². The van der Waals surface area contributed by atoms with Crippen LogP contribution in [0.3, 0.4) is 0 Å². The highest BCUT2D eigenvalue weighted by molar-refractivity contribution is 5.53. The van der Waals surface area contributed by atoms with Gasteiger partial charge in [-0.25, -0.2) is 0 Å². The second kappa shape index (κ2) is 6.64. The molecule has 0 atom stereocenters. The van der Waals surface area contributed by atoms with Crippen LogP contribution < -0.4 is 15.4 Å². The van der Waals surface area contributed by atoms with Gasteiger partial charge >= 0.3 is 0 Å². The van der Waals surface area contributed by atoms with Gasteiger partial charge in [-0.15, -0.1) is 0 Å². The summed E-state index contributed by atoms with van der Waals surface area (Å²) in [5, 5.41) is 6.89. The van der Waals surface area contributed by atoms with Gasteiger partial charge in [-0.05, 0) is 58.4 Å². The maximum atomic E-state index is 5.47. The Morgan fingerprint density at radius 2 is 1.89 bits per heavy atom. The van der Waals surface area contributed by atoms with Crippen LogP contribution >= 0.6 is 0 Å². The molecule has 2 N–H and O–H groups in total. The zero-order chi connectivity index (χ0) is 13.6. The molecule has 0 aliphatic rings. The topological polar surface area (TPSA) is 33.3 Å². The normalized spacial score (nSPS) is 11.4. The van der Waals surface area contributed by atoms with Crippen LogP contribution in [-0.4, -0.2) is 25.2 Å². The van der Waals surface area contributed by atoms with E-state index < -0.39 is 0 Å². The number of benzene rings is 1. The molecular formula is C15H26N2O. The predicted molar refractivity (Wildman–Crippen MR) is 78.6 cm³/mol. The van der Waals surface area contributed by atoms with Gasteiger partial charge < -0.3 is 15.4 Å². The number of hydrogen-bond acceptors (Lipinski definition) is 3. The van der Waals surface area contributed by atoms with Gasteiger partial charge in [-0.1, -0.05) is 0 Å². The molecular weight excluding hydrogens is 224 g/mol. The van der Waals surface area contributed by atoms with E-state index in [0.29, 0.717) is 6.61 Å². The van der Waals surface area contributed by atoms with Gasteiger partial charge in [0.1, 0.15) is 5.75 Å². The van der Waals surface area contributed by atoms with Crippen molar-refractivity contribution in [2.24, 2.45) is 0 Å². The Balaban J connectivity index is 2.43. The monoisotopic (exact) mass is 250 g/mol. The third kappa shape index (κ3) is 5.41. The summed E-state index contributed by atoms with van der Waals surface area (Å²) in [7, 11) is 0. The molecule has 3 nitrogen and oxygen atoms in total. The van der Waals surface area contributed by atoms with E-state index in [4.69, 9.17) is 4.74 Å². The van der Waals surface area contributed by atoms with Gasteiger partial charge in [0.2, 0.25) is 0 Å². The van der Waals surface area contributed by atoms with E-state index in [9.17, 15) is 0 Å². The van der Waals surface area contributed by atoms with Gasteiger partial charge in [-0.3, -0.25) is 0 Å². The summed E-state index contributed by atoms with van der Waals surface area (Å²) in [6.45, 7) is 13.2. The highest BCUT2D eigenvalue weighted by Gasteiger charge is 2.07. The molecule has 0 radical (unpaired) electrons. The first-order valence-corrected chi connectivity index (χ1v) is 6.65. The van der Waals surface area contributed by atoms with Crippen LogP contribution in [0.15, 0.2) is 18.2 Å². The Morgan fingerprint density at radius 1 is 1.17 bits per heavy atom. The van der Waals surface area contributed by atoms with Gasteiger partial charge in [0.05, 0.1) is 6.61 Å². The first kappa shape index (κ1) is 14.8. The smallest absolute Gasteiger partial charge is 0.119 e. The fraction of sp³-hybridized carbons (Fsp3) is 0.600. The van der Waals surface area contributed by atoms with Crippen molar-refractivity contribution in [3.8, 4) is 5.75 Å². The molecule has 0 amide bonds. The summed E-state index contributed by atoms with van der Waals surface area (Å²) >= 11 is 0. The molecule has 0 spiro atoms. The predicted octanol–water partition coefficient (Wildman–Crippen LogP) is 3.19. The van der Waals surface area contributed by atoms with E-state index in [-0.39, 0.29) is 5.54 Å². The third-order valence-corrected chi connectivity index (χ3v) is 2.60. The molecule has 1 aromatic rings. The fourth-order valence-corrected chi connectivity index (χ4v) is 1.73. The van der Waals surface area contributed by atoms with E-state index in [1.54, 1.807) is 0 Å². The summed E-state index contributed by atoms with van der Waals surface area (Å²) in [6, 6.07) is 6.16. The maximum absolute atomic E-state index is 5.47. The van der Waals surface area contributed by atoms with E-state index >= 15 is 0 Å². The van der Waals surface area contributed by atoms with Crippen molar-refractivity contribution in [2.45, 2.75) is 40.2 Å². The molecule has 0 bridgehead atoms. The van der Waals surface area contributed by atoms with Crippen molar-refractivity contribution in [3.05, 3.63) is 23.8 Å². The molecule has 18 heavy (non-hydrogen) atoms. The number of hydrogen-bond donors (Lipinski definition) is 2. The number of aryl methyl sites for hydroxylation is 1. The average Bonchev–Trinajstić information content (AvgIpc) is 2.26. The Bertz CT molecular complexity index is 369. The quantitative estimate of drug-likeness (QED) is 0.761. The molecule has 0 aliphatic heterocycles. The first-order valence-electron chi connectivity index (χ1n) is 6.65. The fourth-order valence-electron chi connectivity index (χ4n) is 1.73. The van der Waals surface area contributed by atoms with Gasteiger partial charge in [0.15, 0.2) is 0 Å². The van der Waals surface area contributed by atoms with E-state index in [0.717, 1.165) is 18.8 Å². The number of anilines is 1. The number of nitrogens with one attached hydrogen (secondary N) is 2. The van der Waals surface area contributed by atoms with E-state index in [2.05, 4.69) is 50.5 Å². The molecule has 0 unspecified atom stereocenters. The van der Waals surface area contributed by atoms with E-state index in [1.807, 2.05) is 13.0 Å². The SMILES string of the molecule is CCOc1ccc(NCCNC(C)(C)C)c(C)c1. The minimum Gasteiger partial charge on any atom is -0.494 e. The van der Waals surface area contributed by atoms with Crippen molar-refractivity contribution < 1.29 is 4.74 Å². The van der Waals surface area contributed by atoms with Crippen molar-refractivity contribution in [3.63, 3.8) is 0 Å². The summed E-state index contributed by atoms with van der Waals surface area (Å²) < 4.78 is 5.47. The van der Waals surface area contributed by atoms with Crippen LogP contribution in [-0.2, 0) is 0 Å². The van der Waals surface area contributed by atoms with Crippen molar-refractivity contribution >= 4 is 5.69 Å². The zero-order valence-electron chi connectivity index (χ0n) is 12.3. The van der Waals surface area contributed by atoms with Crippen LogP contribution in [0, 0.1) is 6.92 Å². The highest BCUT2D eigenvalue weighted by atomic mass is 16.5. The minimum absolute atomic E-state index is 0.176. The Kier molecular flexibility index (Phi) is 5.48. The third-order valence-electron chi connectivity index (χ3n) is 2.60. The lowest BCUT2D eigenvalue weighted by Crippen LogP contribution is -2.38. The van der Waals surface area contributed by atoms with E-state index in [1.165, 1.54) is 11.3 Å². The molecule has 0 saturated heterocycles. The van der Waals surface area contributed by atoms with Crippen LogP contribution in [0.2, 0.25) is 0 Å². The lowest BCUT2D eigenvalue weighted by molar-refractivity contribution is 0.340. The van der Waals surface area contributed by atoms with Crippen LogP contribution in [0.4, 0.5) is 5.69 Å². The van der Waals surface area contributed by atoms with Gasteiger partial charge in [0.25, 0.3) is 0 Å². The van der Waals surface area contributed by atoms with Gasteiger partial charge in [-0.2, -0.15) is 0 Å². The van der Waals surface area contributed by atoms with Crippen LogP contribution in [0.25, 0.3) is 0 Å². The Morgan fingerprint density at radius 3 is 2.44 bits per heavy atom. The minimum atomic E-state index is 0.176. The van der Waals surface area contributed by atoms with Crippen LogP contribution in [0.1, 0.15) is 33.3 Å². The highest BCUT2D eigenvalue weighted by Crippen LogP contribution is 2.21. The lowest BCUT2D eigenvalue weighted by Gasteiger charge is -2.21. The largest absolute Gasteiger partial charge is 0.494 e. The molecule has 0 fully saturated rings. The second-order valence-corrected chi connectivity index (χ2v) is 5.51. The average molecular weight is 250 g/mol. The molecule has 0 heterocycles. The van der Waals surface area contributed by atoms with Gasteiger partial charge in [0, 0.05) is 24.3 Å². The molecule has 1 aromatic carbocycles. The maximum Gasteiger partial charge on any atom is 0.119 e. The number of rotatable bonds is 6. The molecule has 102 valence electrons.